The molecule has 9 nitrogen and oxygen atoms in total. The molecule has 1 aromatic heterocycles. The second kappa shape index (κ2) is 25.3. The lowest BCUT2D eigenvalue weighted by atomic mass is 9.34. The summed E-state index contributed by atoms with van der Waals surface area (Å²) in [6.07, 6.45) is 0. The van der Waals surface area contributed by atoms with Gasteiger partial charge in [0.25, 0.3) is 20.1 Å². The van der Waals surface area contributed by atoms with Gasteiger partial charge in [-0.3, -0.25) is 0 Å². The summed E-state index contributed by atoms with van der Waals surface area (Å²) in [5.41, 5.74) is 33.0. The van der Waals surface area contributed by atoms with Crippen LogP contribution in [-0.4, -0.2) is 35.1 Å². The van der Waals surface area contributed by atoms with Crippen LogP contribution in [0.25, 0.3) is 34.2 Å². The highest BCUT2D eigenvalue weighted by molar-refractivity contribution is 7.01. The van der Waals surface area contributed by atoms with Crippen LogP contribution in [-0.2, 0) is 32.5 Å². The molecular formula is C102H99B3N6O3. The van der Waals surface area contributed by atoms with Crippen molar-refractivity contribution in [2.24, 2.45) is 0 Å². The maximum atomic E-state index is 7.16. The van der Waals surface area contributed by atoms with E-state index in [1.807, 2.05) is 0 Å². The third-order valence-corrected chi connectivity index (χ3v) is 24.7. The molecule has 6 aliphatic heterocycles. The first-order chi connectivity index (χ1) is 54.0. The highest BCUT2D eigenvalue weighted by Crippen LogP contribution is 2.49. The number of ether oxygens (including phenoxy) is 3. The van der Waals surface area contributed by atoms with Gasteiger partial charge in [0.1, 0.15) is 34.5 Å². The van der Waals surface area contributed by atoms with Crippen LogP contribution in [0.15, 0.2) is 218 Å². The summed E-state index contributed by atoms with van der Waals surface area (Å²) in [5, 5.41) is 0. The summed E-state index contributed by atoms with van der Waals surface area (Å²) >= 11 is 0. The molecule has 7 heterocycles. The van der Waals surface area contributed by atoms with Gasteiger partial charge in [-0.1, -0.05) is 216 Å². The van der Waals surface area contributed by atoms with Crippen molar-refractivity contribution in [2.75, 3.05) is 14.7 Å². The Balaban J connectivity index is 0.872. The van der Waals surface area contributed by atoms with E-state index in [2.05, 4.69) is 378 Å². The number of aromatic nitrogens is 3. The van der Waals surface area contributed by atoms with Gasteiger partial charge in [-0.25, -0.2) is 15.0 Å². The SMILES string of the molecule is Cc1cc2c3c(c1)N(c1ccc(C(C)(C)C)cc1)c1ccc(-c4nc(-c5ccc6c(c5)B5c7cc(C(C)(C)C)ccc7Oc7cc(C)cc(c75)N6c5ccc(C(C)(C)C)cc5)nc(-c5ccc6c(c5)B5c7cc(C(C)(C)C)ccc7Oc7cc(C)cc(c75)N6c5ccc(C(C)(C)C)cc5)n4)cc1B3c1cc(C(C)(C)C)ccc1O2. The van der Waals surface area contributed by atoms with E-state index in [4.69, 9.17) is 29.2 Å². The van der Waals surface area contributed by atoms with Crippen LogP contribution in [0.3, 0.4) is 0 Å². The molecule has 13 aromatic rings. The Morgan fingerprint density at radius 3 is 0.702 bits per heavy atom. The van der Waals surface area contributed by atoms with E-state index in [1.165, 1.54) is 33.4 Å². The van der Waals surface area contributed by atoms with Gasteiger partial charge in [0.2, 0.25) is 0 Å². The summed E-state index contributed by atoms with van der Waals surface area (Å²) in [6, 6.07) is 82.6. The molecule has 114 heavy (non-hydrogen) atoms. The number of aryl methyl sites for hydroxylation is 3. The normalized spacial score (nSPS) is 14.3. The topological polar surface area (TPSA) is 76.1 Å². The summed E-state index contributed by atoms with van der Waals surface area (Å²) in [5.74, 6) is 6.85. The van der Waals surface area contributed by atoms with Gasteiger partial charge in [-0.15, -0.1) is 0 Å². The zero-order valence-corrected chi connectivity index (χ0v) is 69.9. The Morgan fingerprint density at radius 1 is 0.228 bits per heavy atom. The molecular weight excluding hydrogens is 1390 g/mol. The van der Waals surface area contributed by atoms with Crippen LogP contribution in [0.5, 0.6) is 34.5 Å². The molecule has 19 rings (SSSR count). The predicted molar refractivity (Wildman–Crippen MR) is 480 cm³/mol. The van der Waals surface area contributed by atoms with Gasteiger partial charge in [0, 0.05) is 67.9 Å². The van der Waals surface area contributed by atoms with E-state index in [0.717, 1.165) is 168 Å². The zero-order chi connectivity index (χ0) is 79.7. The Morgan fingerprint density at radius 2 is 0.465 bits per heavy atom. The van der Waals surface area contributed by atoms with Crippen molar-refractivity contribution in [2.45, 2.75) is 178 Å². The first kappa shape index (κ1) is 72.9. The maximum absolute atomic E-state index is 7.16. The molecule has 0 saturated carbocycles. The van der Waals surface area contributed by atoms with E-state index in [9.17, 15) is 0 Å². The minimum atomic E-state index is -0.209. The third kappa shape index (κ3) is 12.0. The molecule has 0 radical (unpaired) electrons. The first-order valence-corrected chi connectivity index (χ1v) is 40.8. The molecule has 0 bridgehead atoms. The summed E-state index contributed by atoms with van der Waals surface area (Å²) in [4.78, 5) is 25.0. The van der Waals surface area contributed by atoms with Crippen LogP contribution in [0, 0.1) is 20.8 Å². The van der Waals surface area contributed by atoms with Crippen LogP contribution in [0.2, 0.25) is 0 Å². The van der Waals surface area contributed by atoms with Gasteiger partial charge >= 0.3 is 0 Å². The minimum absolute atomic E-state index is 0.0384. The van der Waals surface area contributed by atoms with E-state index < -0.39 is 0 Å². The fraction of sp³-hybridized carbons (Fsp3) is 0.265. The lowest BCUT2D eigenvalue weighted by molar-refractivity contribution is 0.485. The molecule has 0 saturated heterocycles. The van der Waals surface area contributed by atoms with Crippen molar-refractivity contribution in [1.29, 1.82) is 0 Å². The van der Waals surface area contributed by atoms with Crippen molar-refractivity contribution in [3.63, 3.8) is 0 Å². The van der Waals surface area contributed by atoms with Gasteiger partial charge in [-0.05, 0) is 280 Å². The van der Waals surface area contributed by atoms with Crippen molar-refractivity contribution in [1.82, 2.24) is 15.0 Å². The molecule has 0 aliphatic carbocycles. The standard InChI is InChI=1S/C102H99B3N6O3/c1-58-46-82-91-88(49-58)112-85-43-31-67(100(13,14)15)55-76(85)103(91)73-52-61(22-40-79(73)109(82)70-34-25-64(26-35-70)97(4,5)6)94-106-95(62-23-41-80-74(53-62)104-77-56-68(101(16,17)18)32-44-86(77)113-89-50-59(2)47-83(92(89)104)110(80)71-36-27-65(28-37-71)98(7,8)9)108-96(107-94)63-24-42-81-75(54-63)105-78-57-69(102(19,20)21)33-45-87(78)114-90-51-60(3)48-84(93(90)105)111(81)72-38-29-66(30-39-72)99(10,11)12/h22-57H,1-21H3. The number of nitrogens with zero attached hydrogens (tertiary/aromatic N) is 6. The quantitative estimate of drug-likeness (QED) is 0.151. The average molecular weight is 1490 g/mol. The van der Waals surface area contributed by atoms with Gasteiger partial charge in [0.15, 0.2) is 17.5 Å². The number of hydrogen-bond donors (Lipinski definition) is 0. The highest BCUT2D eigenvalue weighted by atomic mass is 16.5. The fourth-order valence-electron chi connectivity index (χ4n) is 18.4. The van der Waals surface area contributed by atoms with Crippen LogP contribution < -0.4 is 78.1 Å². The van der Waals surface area contributed by atoms with Crippen molar-refractivity contribution >= 4 is 120 Å². The molecule has 0 amide bonds. The Kier molecular flexibility index (Phi) is 16.2. The van der Waals surface area contributed by atoms with E-state index in [1.54, 1.807) is 0 Å². The Labute approximate surface area is 675 Å². The molecule has 0 fully saturated rings. The monoisotopic (exact) mass is 1490 g/mol. The molecule has 0 atom stereocenters. The summed E-state index contributed by atoms with van der Waals surface area (Å²) in [7, 11) is 0. The lowest BCUT2D eigenvalue weighted by Crippen LogP contribution is -2.59. The predicted octanol–water partition coefficient (Wildman–Crippen LogP) is 20.8. The van der Waals surface area contributed by atoms with Crippen LogP contribution in [0.1, 0.15) is 175 Å². The smallest absolute Gasteiger partial charge is 0.256 e. The second-order valence-corrected chi connectivity index (χ2v) is 39.2. The molecule has 12 heteroatoms. The number of rotatable bonds is 6. The molecule has 0 unspecified atom stereocenters. The molecule has 0 spiro atoms. The maximum Gasteiger partial charge on any atom is 0.256 e. The van der Waals surface area contributed by atoms with Crippen molar-refractivity contribution in [3.8, 4) is 68.7 Å². The number of fused-ring (bicyclic) bond motifs is 12. The Bertz CT molecular complexity index is 5610. The largest absolute Gasteiger partial charge is 0.458 e. The van der Waals surface area contributed by atoms with Crippen LogP contribution in [0.4, 0.5) is 51.2 Å². The first-order valence-electron chi connectivity index (χ1n) is 40.8. The van der Waals surface area contributed by atoms with Gasteiger partial charge < -0.3 is 28.9 Å². The lowest BCUT2D eigenvalue weighted by Gasteiger charge is -2.41. The highest BCUT2D eigenvalue weighted by Gasteiger charge is 2.47. The molecule has 564 valence electrons. The van der Waals surface area contributed by atoms with E-state index in [-0.39, 0.29) is 52.6 Å². The average Bonchev–Trinajstić information content (AvgIpc) is 0.717. The van der Waals surface area contributed by atoms with Crippen molar-refractivity contribution in [3.05, 3.63) is 268 Å². The number of hydrogen-bond acceptors (Lipinski definition) is 9. The van der Waals surface area contributed by atoms with E-state index in [0.29, 0.717) is 17.5 Å². The van der Waals surface area contributed by atoms with E-state index >= 15 is 0 Å². The Hall–Kier alpha value is -11.4. The minimum Gasteiger partial charge on any atom is -0.458 e. The molecule has 0 N–H and O–H groups in total. The summed E-state index contributed by atoms with van der Waals surface area (Å²) in [6.45, 7) is 47.1. The van der Waals surface area contributed by atoms with Crippen LogP contribution >= 0.6 is 0 Å². The fourth-order valence-corrected chi connectivity index (χ4v) is 18.4. The summed E-state index contributed by atoms with van der Waals surface area (Å²) < 4.78 is 21.5. The molecule has 6 aliphatic rings. The van der Waals surface area contributed by atoms with Gasteiger partial charge in [-0.2, -0.15) is 0 Å². The second-order valence-electron chi connectivity index (χ2n) is 39.2. The zero-order valence-electron chi connectivity index (χ0n) is 69.9. The van der Waals surface area contributed by atoms with Gasteiger partial charge in [0.05, 0.1) is 0 Å². The third-order valence-electron chi connectivity index (χ3n) is 24.7. The molecule has 12 aromatic carbocycles. The number of benzene rings is 12. The van der Waals surface area contributed by atoms with Crippen molar-refractivity contribution < 1.29 is 14.2 Å². The number of anilines is 9.